The topological polar surface area (TPSA) is 46.5 Å². The monoisotopic (exact) mass is 206 g/mol. The molecule has 1 aromatic carbocycles. The van der Waals surface area contributed by atoms with Crippen LogP contribution >= 0.6 is 0 Å². The van der Waals surface area contributed by atoms with Crippen molar-refractivity contribution in [2.45, 2.75) is 20.8 Å². The zero-order valence-corrected chi connectivity index (χ0v) is 9.13. The highest BCUT2D eigenvalue weighted by Crippen LogP contribution is 2.31. The maximum atomic E-state index is 11.2. The summed E-state index contributed by atoms with van der Waals surface area (Å²) >= 11 is 0. The van der Waals surface area contributed by atoms with Crippen molar-refractivity contribution in [3.63, 3.8) is 0 Å². The Hall–Kier alpha value is -1.77. The molecule has 0 aliphatic heterocycles. The van der Waals surface area contributed by atoms with Gasteiger partial charge in [-0.2, -0.15) is 0 Å². The summed E-state index contributed by atoms with van der Waals surface area (Å²) in [5.41, 5.74) is 1.96. The second kappa shape index (κ2) is 4.17. The fraction of sp³-hybridized carbons (Fsp3) is 0.250. The number of phenols is 1. The summed E-state index contributed by atoms with van der Waals surface area (Å²) in [6.07, 6.45) is 0. The van der Waals surface area contributed by atoms with E-state index >= 15 is 0 Å². The van der Waals surface area contributed by atoms with Gasteiger partial charge in [0.15, 0.2) is 11.5 Å². The first kappa shape index (κ1) is 11.3. The van der Waals surface area contributed by atoms with Crippen molar-refractivity contribution >= 4 is 5.97 Å². The first-order chi connectivity index (χ1) is 6.93. The van der Waals surface area contributed by atoms with Crippen LogP contribution in [0.2, 0.25) is 0 Å². The van der Waals surface area contributed by atoms with Gasteiger partial charge in [-0.15, -0.1) is 0 Å². The highest BCUT2D eigenvalue weighted by molar-refractivity contribution is 5.89. The molecule has 0 heterocycles. The van der Waals surface area contributed by atoms with Gasteiger partial charge >= 0.3 is 5.97 Å². The molecule has 0 saturated heterocycles. The van der Waals surface area contributed by atoms with Crippen LogP contribution in [0.25, 0.3) is 0 Å². The summed E-state index contributed by atoms with van der Waals surface area (Å²) in [6.45, 7) is 8.66. The standard InChI is InChI=1S/C12H14O3/c1-7(2)12(14)15-10-6-5-8(3)9(4)11(10)13/h5-6,13H,1H2,2-4H3. The summed E-state index contributed by atoms with van der Waals surface area (Å²) < 4.78 is 4.95. The lowest BCUT2D eigenvalue weighted by Crippen LogP contribution is -2.08. The third-order valence-electron chi connectivity index (χ3n) is 2.22. The number of rotatable bonds is 2. The minimum Gasteiger partial charge on any atom is -0.504 e. The average Bonchev–Trinajstić information content (AvgIpc) is 2.18. The first-order valence-electron chi connectivity index (χ1n) is 4.60. The Bertz CT molecular complexity index is 419. The summed E-state index contributed by atoms with van der Waals surface area (Å²) in [5.74, 6) is -0.357. The molecule has 0 spiro atoms. The van der Waals surface area contributed by atoms with Gasteiger partial charge in [-0.25, -0.2) is 4.79 Å². The fourth-order valence-electron chi connectivity index (χ4n) is 1.05. The minimum absolute atomic E-state index is 0.00426. The Morgan fingerprint density at radius 2 is 2.00 bits per heavy atom. The van der Waals surface area contributed by atoms with Crippen molar-refractivity contribution < 1.29 is 14.6 Å². The second-order valence-electron chi connectivity index (χ2n) is 3.52. The Labute approximate surface area is 89.0 Å². The summed E-state index contributed by atoms with van der Waals surface area (Å²) in [6, 6.07) is 3.36. The van der Waals surface area contributed by atoms with E-state index in [-0.39, 0.29) is 11.5 Å². The van der Waals surface area contributed by atoms with E-state index in [0.29, 0.717) is 11.1 Å². The van der Waals surface area contributed by atoms with E-state index in [1.54, 1.807) is 26.0 Å². The summed E-state index contributed by atoms with van der Waals surface area (Å²) in [4.78, 5) is 11.2. The van der Waals surface area contributed by atoms with Crippen LogP contribution in [0.5, 0.6) is 11.5 Å². The highest BCUT2D eigenvalue weighted by atomic mass is 16.5. The largest absolute Gasteiger partial charge is 0.504 e. The number of aromatic hydroxyl groups is 1. The third kappa shape index (κ3) is 2.37. The molecule has 0 aliphatic rings. The molecular formula is C12H14O3. The Kier molecular flexibility index (Phi) is 3.14. The first-order valence-corrected chi connectivity index (χ1v) is 4.60. The van der Waals surface area contributed by atoms with Crippen LogP contribution in [0.1, 0.15) is 18.1 Å². The van der Waals surface area contributed by atoms with Gasteiger partial charge in [0.1, 0.15) is 0 Å². The van der Waals surface area contributed by atoms with Crippen LogP contribution in [0, 0.1) is 13.8 Å². The van der Waals surface area contributed by atoms with Crippen molar-refractivity contribution in [2.75, 3.05) is 0 Å². The van der Waals surface area contributed by atoms with E-state index < -0.39 is 5.97 Å². The molecule has 1 aromatic rings. The number of carbonyl (C=O) groups is 1. The number of ether oxygens (including phenoxy) is 1. The second-order valence-corrected chi connectivity index (χ2v) is 3.52. The van der Waals surface area contributed by atoms with Gasteiger partial charge in [-0.05, 0) is 38.0 Å². The van der Waals surface area contributed by atoms with Gasteiger partial charge in [0.05, 0.1) is 0 Å². The molecule has 0 aliphatic carbocycles. The number of phenolic OH excluding ortho intramolecular Hbond substituents is 1. The molecule has 1 rings (SSSR count). The fourth-order valence-corrected chi connectivity index (χ4v) is 1.05. The van der Waals surface area contributed by atoms with E-state index in [9.17, 15) is 9.90 Å². The van der Waals surface area contributed by atoms with Crippen LogP contribution in [0.4, 0.5) is 0 Å². The summed E-state index contributed by atoms with van der Waals surface area (Å²) in [7, 11) is 0. The number of hydrogen-bond donors (Lipinski definition) is 1. The van der Waals surface area contributed by atoms with Crippen molar-refractivity contribution in [3.05, 3.63) is 35.4 Å². The number of hydrogen-bond acceptors (Lipinski definition) is 3. The molecule has 0 aromatic heterocycles. The predicted molar refractivity (Wildman–Crippen MR) is 58.0 cm³/mol. The lowest BCUT2D eigenvalue weighted by atomic mass is 10.1. The van der Waals surface area contributed by atoms with E-state index in [4.69, 9.17) is 4.74 Å². The normalized spacial score (nSPS) is 9.80. The maximum Gasteiger partial charge on any atom is 0.338 e. The molecule has 0 amide bonds. The van der Waals surface area contributed by atoms with E-state index in [1.807, 2.05) is 6.92 Å². The SMILES string of the molecule is C=C(C)C(=O)Oc1ccc(C)c(C)c1O. The Morgan fingerprint density at radius 3 is 2.53 bits per heavy atom. The lowest BCUT2D eigenvalue weighted by Gasteiger charge is -2.09. The van der Waals surface area contributed by atoms with Gasteiger partial charge in [0.25, 0.3) is 0 Å². The van der Waals surface area contributed by atoms with Gasteiger partial charge < -0.3 is 9.84 Å². The summed E-state index contributed by atoms with van der Waals surface area (Å²) in [5, 5.41) is 9.70. The third-order valence-corrected chi connectivity index (χ3v) is 2.22. The Balaban J connectivity index is 3.02. The molecule has 3 heteroatoms. The number of carbonyl (C=O) groups excluding carboxylic acids is 1. The number of esters is 1. The van der Waals surface area contributed by atoms with Crippen LogP contribution in [0.15, 0.2) is 24.3 Å². The Morgan fingerprint density at radius 1 is 1.40 bits per heavy atom. The molecule has 80 valence electrons. The maximum absolute atomic E-state index is 11.2. The van der Waals surface area contributed by atoms with Crippen molar-refractivity contribution in [2.24, 2.45) is 0 Å². The quantitative estimate of drug-likeness (QED) is 0.459. The van der Waals surface area contributed by atoms with Gasteiger partial charge in [0, 0.05) is 5.57 Å². The van der Waals surface area contributed by atoms with Crippen molar-refractivity contribution in [3.8, 4) is 11.5 Å². The van der Waals surface area contributed by atoms with Crippen molar-refractivity contribution in [1.29, 1.82) is 0 Å². The molecule has 3 nitrogen and oxygen atoms in total. The molecular weight excluding hydrogens is 192 g/mol. The minimum atomic E-state index is -0.534. The number of aryl methyl sites for hydroxylation is 1. The van der Waals surface area contributed by atoms with Crippen LogP contribution in [-0.4, -0.2) is 11.1 Å². The van der Waals surface area contributed by atoms with E-state index in [1.165, 1.54) is 0 Å². The van der Waals surface area contributed by atoms with Crippen LogP contribution in [0.3, 0.4) is 0 Å². The molecule has 0 atom stereocenters. The molecule has 0 saturated carbocycles. The zero-order chi connectivity index (χ0) is 11.6. The van der Waals surface area contributed by atoms with Crippen LogP contribution < -0.4 is 4.74 Å². The molecule has 0 radical (unpaired) electrons. The molecule has 15 heavy (non-hydrogen) atoms. The molecule has 0 bridgehead atoms. The molecule has 1 N–H and O–H groups in total. The average molecular weight is 206 g/mol. The van der Waals surface area contributed by atoms with Gasteiger partial charge in [0.2, 0.25) is 0 Å². The molecule has 0 unspecified atom stereocenters. The lowest BCUT2D eigenvalue weighted by molar-refractivity contribution is -0.130. The molecule has 0 fully saturated rings. The smallest absolute Gasteiger partial charge is 0.338 e. The van der Waals surface area contributed by atoms with E-state index in [0.717, 1.165) is 5.56 Å². The van der Waals surface area contributed by atoms with Gasteiger partial charge in [-0.3, -0.25) is 0 Å². The number of benzene rings is 1. The zero-order valence-electron chi connectivity index (χ0n) is 9.13. The van der Waals surface area contributed by atoms with Crippen molar-refractivity contribution in [1.82, 2.24) is 0 Å². The van der Waals surface area contributed by atoms with Crippen LogP contribution in [-0.2, 0) is 4.79 Å². The predicted octanol–water partition coefficient (Wildman–Crippen LogP) is 2.49. The van der Waals surface area contributed by atoms with E-state index in [2.05, 4.69) is 6.58 Å². The van der Waals surface area contributed by atoms with Gasteiger partial charge in [-0.1, -0.05) is 12.6 Å². The highest BCUT2D eigenvalue weighted by Gasteiger charge is 2.12.